The van der Waals surface area contributed by atoms with Gasteiger partial charge in [0.1, 0.15) is 6.17 Å². The van der Waals surface area contributed by atoms with E-state index in [1.807, 2.05) is 30.3 Å². The predicted octanol–water partition coefficient (Wildman–Crippen LogP) is 1.18. The van der Waals surface area contributed by atoms with E-state index in [1.165, 1.54) is 16.5 Å². The van der Waals surface area contributed by atoms with Crippen LogP contribution in [0, 0.1) is 4.91 Å². The first-order chi connectivity index (χ1) is 16.8. The summed E-state index contributed by atoms with van der Waals surface area (Å²) in [6.07, 6.45) is 4.41. The molecular formula is C23H26N8O4. The first-order valence-corrected chi connectivity index (χ1v) is 11.0. The molecule has 3 heterocycles. The van der Waals surface area contributed by atoms with Gasteiger partial charge in [-0.25, -0.2) is 5.84 Å². The molecule has 35 heavy (non-hydrogen) atoms. The second kappa shape index (κ2) is 9.81. The van der Waals surface area contributed by atoms with Crippen LogP contribution in [-0.4, -0.2) is 51.4 Å². The second-order valence-electron chi connectivity index (χ2n) is 8.18. The predicted molar refractivity (Wildman–Crippen MR) is 130 cm³/mol. The number of carbonyl (C=O) groups is 3. The summed E-state index contributed by atoms with van der Waals surface area (Å²) in [7, 11) is 0. The molecule has 0 aliphatic carbocycles. The number of nitroso groups, excluding NO2 is 1. The fourth-order valence-corrected chi connectivity index (χ4v) is 4.15. The molecule has 2 aliphatic rings. The zero-order valence-electron chi connectivity index (χ0n) is 19.1. The van der Waals surface area contributed by atoms with Crippen LogP contribution in [0.1, 0.15) is 35.1 Å². The number of dihydropyridines is 1. The molecule has 2 aromatic rings. The van der Waals surface area contributed by atoms with Crippen LogP contribution in [-0.2, 0) is 16.1 Å². The minimum atomic E-state index is -0.631. The number of hydrogen-bond acceptors (Lipinski definition) is 9. The maximum absolute atomic E-state index is 13.3. The van der Waals surface area contributed by atoms with E-state index < -0.39 is 6.17 Å². The van der Waals surface area contributed by atoms with E-state index in [4.69, 9.17) is 11.7 Å². The number of carbonyl (C=O) groups excluding carboxylic acids is 3. The Morgan fingerprint density at radius 2 is 2.00 bits per heavy atom. The lowest BCUT2D eigenvalue weighted by Gasteiger charge is -2.27. The van der Waals surface area contributed by atoms with Gasteiger partial charge in [0.05, 0.1) is 42.3 Å². The Labute approximate surface area is 201 Å². The van der Waals surface area contributed by atoms with E-state index >= 15 is 0 Å². The molecule has 12 nitrogen and oxygen atoms in total. The van der Waals surface area contributed by atoms with Gasteiger partial charge in [-0.3, -0.25) is 24.1 Å². The Kier molecular flexibility index (Phi) is 6.64. The summed E-state index contributed by atoms with van der Waals surface area (Å²) in [6, 6.07) is 9.30. The van der Waals surface area contributed by atoms with Crippen molar-refractivity contribution in [3.05, 3.63) is 70.5 Å². The average Bonchev–Trinajstić information content (AvgIpc) is 3.14. The van der Waals surface area contributed by atoms with Crippen LogP contribution in [0.2, 0.25) is 0 Å². The number of ketones is 1. The minimum Gasteiger partial charge on any atom is -0.367 e. The Balaban J connectivity index is 1.81. The van der Waals surface area contributed by atoms with E-state index in [2.05, 4.69) is 15.8 Å². The molecule has 0 saturated carbocycles. The van der Waals surface area contributed by atoms with Gasteiger partial charge in [-0.2, -0.15) is 4.91 Å². The van der Waals surface area contributed by atoms with Crippen molar-refractivity contribution in [2.75, 3.05) is 24.2 Å². The lowest BCUT2D eigenvalue weighted by Crippen LogP contribution is -2.50. The zero-order chi connectivity index (χ0) is 25.1. The highest BCUT2D eigenvalue weighted by atomic mass is 16.3. The third kappa shape index (κ3) is 4.64. The number of allylic oxidation sites excluding steroid dienone is 2. The number of anilines is 2. The van der Waals surface area contributed by atoms with Crippen molar-refractivity contribution in [2.45, 2.75) is 26.1 Å². The van der Waals surface area contributed by atoms with E-state index in [0.29, 0.717) is 28.2 Å². The third-order valence-electron chi connectivity index (χ3n) is 5.88. The van der Waals surface area contributed by atoms with Crippen molar-refractivity contribution in [1.82, 2.24) is 19.9 Å². The zero-order valence-corrected chi connectivity index (χ0v) is 19.1. The fraction of sp³-hybridized carbons (Fsp3) is 0.261. The van der Waals surface area contributed by atoms with Crippen molar-refractivity contribution >= 4 is 34.5 Å². The van der Waals surface area contributed by atoms with Gasteiger partial charge in [0.25, 0.3) is 0 Å². The number of nitrogens with zero attached hydrogens (tertiary/aromatic N) is 4. The number of hydrazine groups is 1. The lowest BCUT2D eigenvalue weighted by atomic mass is 10.0. The van der Waals surface area contributed by atoms with Crippen LogP contribution in [0.4, 0.5) is 11.4 Å². The summed E-state index contributed by atoms with van der Waals surface area (Å²) in [5.74, 6) is 11.4. The van der Waals surface area contributed by atoms with Crippen LogP contribution in [0.3, 0.4) is 0 Å². The molecule has 2 aliphatic heterocycles. The molecule has 0 spiro atoms. The summed E-state index contributed by atoms with van der Waals surface area (Å²) >= 11 is 0. The molecule has 182 valence electrons. The van der Waals surface area contributed by atoms with Gasteiger partial charge < -0.3 is 21.4 Å². The largest absolute Gasteiger partial charge is 0.367 e. The molecule has 12 heteroatoms. The van der Waals surface area contributed by atoms with Gasteiger partial charge in [0.15, 0.2) is 5.78 Å². The molecule has 1 aromatic carbocycles. The van der Waals surface area contributed by atoms with E-state index in [9.17, 15) is 19.3 Å². The molecular weight excluding hydrogens is 452 g/mol. The number of nitrogens with two attached hydrogens (primary N) is 2. The summed E-state index contributed by atoms with van der Waals surface area (Å²) in [5, 5.41) is 10.1. The topological polar surface area (TPSA) is 168 Å². The minimum absolute atomic E-state index is 0.0853. The first-order valence-electron chi connectivity index (χ1n) is 11.0. The van der Waals surface area contributed by atoms with Crippen molar-refractivity contribution in [3.63, 3.8) is 0 Å². The number of fused-ring (bicyclic) bond motifs is 1. The quantitative estimate of drug-likeness (QED) is 0.199. The highest BCUT2D eigenvalue weighted by Crippen LogP contribution is 2.38. The van der Waals surface area contributed by atoms with Crippen LogP contribution in [0.5, 0.6) is 0 Å². The molecule has 1 atom stereocenters. The average molecular weight is 479 g/mol. The molecule has 4 rings (SSSR count). The SMILES string of the molecule is CC(=O)N(N)C1C=C(c2c(Nc3ccccc3)c3c(n2N)CN(C(=O)CCN=O)CC3=O)C=CN1. The lowest BCUT2D eigenvalue weighted by molar-refractivity contribution is -0.131. The third-order valence-corrected chi connectivity index (χ3v) is 5.88. The van der Waals surface area contributed by atoms with Crippen LogP contribution in [0.25, 0.3) is 5.57 Å². The monoisotopic (exact) mass is 478 g/mol. The molecule has 1 unspecified atom stereocenters. The smallest absolute Gasteiger partial charge is 0.235 e. The van der Waals surface area contributed by atoms with Crippen LogP contribution >= 0.6 is 0 Å². The molecule has 0 saturated heterocycles. The fourth-order valence-electron chi connectivity index (χ4n) is 4.15. The first kappa shape index (κ1) is 23.7. The number of amides is 2. The van der Waals surface area contributed by atoms with Gasteiger partial charge >= 0.3 is 0 Å². The maximum Gasteiger partial charge on any atom is 0.235 e. The van der Waals surface area contributed by atoms with Gasteiger partial charge in [0, 0.05) is 24.6 Å². The highest BCUT2D eigenvalue weighted by molar-refractivity contribution is 6.09. The maximum atomic E-state index is 13.3. The molecule has 6 N–H and O–H groups in total. The summed E-state index contributed by atoms with van der Waals surface area (Å²) < 4.78 is 1.38. The standard InChI is InChI=1S/C23H26N8O4/c1-14(32)30(24)19-11-15(7-9-26-19)23-22(28-16-5-3-2-4-6-16)21-17(31(23)25)12-29(13-18(21)33)20(34)8-10-27-35/h2-7,9,11,19,26,28H,8,10,12-13,24-25H2,1H3. The number of para-hydroxylation sites is 1. The number of aromatic nitrogens is 1. The molecule has 1 aromatic heterocycles. The Hall–Kier alpha value is -4.45. The Morgan fingerprint density at radius 1 is 1.26 bits per heavy atom. The van der Waals surface area contributed by atoms with Crippen LogP contribution in [0.15, 0.2) is 53.9 Å². The van der Waals surface area contributed by atoms with Gasteiger partial charge in [-0.1, -0.05) is 23.4 Å². The summed E-state index contributed by atoms with van der Waals surface area (Å²) in [4.78, 5) is 49.4. The molecule has 0 bridgehead atoms. The van der Waals surface area contributed by atoms with Gasteiger partial charge in [0.2, 0.25) is 11.8 Å². The molecule has 2 amide bonds. The number of Topliss-reactive ketones (excluding diaryl/α,β-unsaturated/α-hetero) is 1. The Morgan fingerprint density at radius 3 is 2.69 bits per heavy atom. The van der Waals surface area contributed by atoms with Gasteiger partial charge in [-0.05, 0) is 30.5 Å². The number of benzene rings is 1. The van der Waals surface area contributed by atoms with Crippen molar-refractivity contribution in [2.24, 2.45) is 11.0 Å². The van der Waals surface area contributed by atoms with Crippen molar-refractivity contribution in [3.8, 4) is 0 Å². The Bertz CT molecular complexity index is 1230. The van der Waals surface area contributed by atoms with E-state index in [1.54, 1.807) is 18.4 Å². The van der Waals surface area contributed by atoms with Crippen LogP contribution < -0.4 is 22.3 Å². The highest BCUT2D eigenvalue weighted by Gasteiger charge is 2.35. The summed E-state index contributed by atoms with van der Waals surface area (Å²) in [6.45, 7) is 1.14. The molecule has 0 radical (unpaired) electrons. The normalized spacial score (nSPS) is 16.7. The number of nitrogen functional groups attached to an aromatic ring is 1. The summed E-state index contributed by atoms with van der Waals surface area (Å²) in [5.41, 5.74) is 3.17. The van der Waals surface area contributed by atoms with E-state index in [-0.39, 0.29) is 43.7 Å². The molecule has 0 fully saturated rings. The number of nitrogens with one attached hydrogen (secondary N) is 2. The number of rotatable bonds is 7. The number of hydrogen-bond donors (Lipinski definition) is 4. The van der Waals surface area contributed by atoms with Crippen molar-refractivity contribution < 1.29 is 14.4 Å². The van der Waals surface area contributed by atoms with Gasteiger partial charge in [-0.15, -0.1) is 0 Å². The van der Waals surface area contributed by atoms with E-state index in [0.717, 1.165) is 10.7 Å². The van der Waals surface area contributed by atoms with Crippen molar-refractivity contribution in [1.29, 1.82) is 0 Å². The second-order valence-corrected chi connectivity index (χ2v) is 8.18.